The average molecular weight is 897 g/mol. The summed E-state index contributed by atoms with van der Waals surface area (Å²) in [5.74, 6) is 0. The highest BCUT2D eigenvalue weighted by atomic mass is 15.1. The van der Waals surface area contributed by atoms with Crippen molar-refractivity contribution in [1.29, 1.82) is 0 Å². The van der Waals surface area contributed by atoms with Crippen molar-refractivity contribution in [1.82, 2.24) is 4.57 Å². The van der Waals surface area contributed by atoms with E-state index in [9.17, 15) is 0 Å². The molecule has 4 aliphatic rings. The van der Waals surface area contributed by atoms with Crippen LogP contribution in [0.25, 0.3) is 50.5 Å². The highest BCUT2D eigenvalue weighted by Crippen LogP contribution is 2.63. The molecule has 14 rings (SSSR count). The summed E-state index contributed by atoms with van der Waals surface area (Å²) < 4.78 is 2.42. The van der Waals surface area contributed by atoms with Gasteiger partial charge in [-0.25, -0.2) is 0 Å². The number of fused-ring (bicyclic) bond motifs is 15. The Morgan fingerprint density at radius 1 is 0.400 bits per heavy atom. The van der Waals surface area contributed by atoms with Crippen LogP contribution in [0.5, 0.6) is 0 Å². The first-order chi connectivity index (χ1) is 34.2. The zero-order valence-electron chi connectivity index (χ0n) is 40.0. The first-order valence-electron chi connectivity index (χ1n) is 24.9. The number of para-hydroxylation sites is 2. The van der Waals surface area contributed by atoms with Crippen LogP contribution in [0.4, 0.5) is 17.1 Å². The second-order valence-corrected chi connectivity index (χ2v) is 20.8. The summed E-state index contributed by atoms with van der Waals surface area (Å²) in [6, 6.07) is 80.0. The number of nitrogens with zero attached hydrogens (tertiary/aromatic N) is 2. The number of hydrogen-bond donors (Lipinski definition) is 0. The lowest BCUT2D eigenvalue weighted by atomic mass is 9.55. The molecule has 0 unspecified atom stereocenters. The molecular formula is C68H52N2. The van der Waals surface area contributed by atoms with Crippen LogP contribution in [0.15, 0.2) is 224 Å². The Morgan fingerprint density at radius 2 is 0.900 bits per heavy atom. The summed E-state index contributed by atoms with van der Waals surface area (Å²) in [7, 11) is 0. The standard InChI is InChI=1S/C68H52N2/c1-66(2)56-23-11-8-20-50(56)52-39-36-48(42-62(52)66)69(47-34-30-44(31-35-47)45-32-38-55-54-22-10-17-29-64(54)70(65(55)41-33-45)46-18-6-5-7-19-46)49-37-40-53-51-21-9-12-24-57(51)68(63(53)43-49)60-27-15-13-25-58(60)67(3,4)59-26-14-16-28-61(59)68/h5-37,39-43H,38H2,1-4H3. The van der Waals surface area contributed by atoms with E-state index in [4.69, 9.17) is 0 Å². The minimum Gasteiger partial charge on any atom is -0.310 e. The largest absolute Gasteiger partial charge is 0.310 e. The minimum absolute atomic E-state index is 0.146. The smallest absolute Gasteiger partial charge is 0.0720 e. The number of allylic oxidation sites excluding steroid dienone is 3. The third-order valence-electron chi connectivity index (χ3n) is 16.6. The van der Waals surface area contributed by atoms with Gasteiger partial charge in [0.2, 0.25) is 0 Å². The summed E-state index contributed by atoms with van der Waals surface area (Å²) >= 11 is 0. The molecule has 0 amide bonds. The van der Waals surface area contributed by atoms with Crippen LogP contribution in [0.2, 0.25) is 0 Å². The molecule has 9 aromatic carbocycles. The Labute approximate surface area is 411 Å². The van der Waals surface area contributed by atoms with E-state index in [1.165, 1.54) is 106 Å². The molecule has 0 saturated carbocycles. The van der Waals surface area contributed by atoms with Gasteiger partial charge in [-0.15, -0.1) is 0 Å². The van der Waals surface area contributed by atoms with Crippen LogP contribution in [-0.4, -0.2) is 4.57 Å². The number of aromatic nitrogens is 1. The van der Waals surface area contributed by atoms with Crippen LogP contribution < -0.4 is 4.90 Å². The molecule has 0 saturated heterocycles. The molecule has 1 heterocycles. The van der Waals surface area contributed by atoms with Crippen molar-refractivity contribution in [2.45, 2.75) is 50.4 Å². The van der Waals surface area contributed by atoms with Crippen LogP contribution >= 0.6 is 0 Å². The second-order valence-electron chi connectivity index (χ2n) is 20.8. The molecule has 1 aromatic heterocycles. The van der Waals surface area contributed by atoms with Crippen molar-refractivity contribution >= 4 is 39.6 Å². The average Bonchev–Trinajstić information content (AvgIpc) is 3.88. The molecule has 0 bridgehead atoms. The molecule has 1 spiro atoms. The third kappa shape index (κ3) is 5.56. The summed E-state index contributed by atoms with van der Waals surface area (Å²) in [4.78, 5) is 2.51. The summed E-state index contributed by atoms with van der Waals surface area (Å²) in [5, 5.41) is 1.30. The Morgan fingerprint density at radius 3 is 1.59 bits per heavy atom. The van der Waals surface area contributed by atoms with E-state index in [1.54, 1.807) is 0 Å². The normalized spacial score (nSPS) is 15.7. The first kappa shape index (κ1) is 40.8. The maximum Gasteiger partial charge on any atom is 0.0720 e. The molecule has 0 aliphatic heterocycles. The van der Waals surface area contributed by atoms with E-state index in [0.29, 0.717) is 0 Å². The predicted molar refractivity (Wildman–Crippen MR) is 292 cm³/mol. The predicted octanol–water partition coefficient (Wildman–Crippen LogP) is 17.1. The lowest BCUT2D eigenvalue weighted by Gasteiger charge is -2.46. The van der Waals surface area contributed by atoms with Gasteiger partial charge in [0.1, 0.15) is 0 Å². The van der Waals surface area contributed by atoms with Crippen LogP contribution in [0, 0.1) is 0 Å². The van der Waals surface area contributed by atoms with E-state index >= 15 is 0 Å². The Kier molecular flexibility index (Phi) is 8.69. The van der Waals surface area contributed by atoms with E-state index < -0.39 is 5.41 Å². The van der Waals surface area contributed by atoms with Gasteiger partial charge in [-0.3, -0.25) is 0 Å². The van der Waals surface area contributed by atoms with Crippen LogP contribution in [0.1, 0.15) is 89.0 Å². The van der Waals surface area contributed by atoms with Gasteiger partial charge in [-0.05, 0) is 151 Å². The SMILES string of the molecule is CC1(C)c2ccccc2-c2ccc(N(c3ccc(C4=CCc5c(n(-c6ccccc6)c6ccccc56)C=C4)cc3)c3ccc4c(c3)C3(c5ccccc5-4)c4ccccc4C(C)(C)c4ccccc43)cc21. The summed E-state index contributed by atoms with van der Waals surface area (Å²) in [5.41, 5.74) is 26.2. The van der Waals surface area contributed by atoms with Gasteiger partial charge in [0.25, 0.3) is 0 Å². The summed E-state index contributed by atoms with van der Waals surface area (Å²) in [6.07, 6.45) is 7.90. The highest BCUT2D eigenvalue weighted by molar-refractivity contribution is 5.95. The fraction of sp³-hybridized carbons (Fsp3) is 0.118. The van der Waals surface area contributed by atoms with Crippen LogP contribution in [0.3, 0.4) is 0 Å². The monoisotopic (exact) mass is 896 g/mol. The molecule has 0 N–H and O–H groups in total. The van der Waals surface area contributed by atoms with Gasteiger partial charge in [0.05, 0.1) is 16.6 Å². The van der Waals surface area contributed by atoms with Crippen LogP contribution in [-0.2, 0) is 22.7 Å². The number of rotatable bonds is 5. The zero-order valence-corrected chi connectivity index (χ0v) is 40.0. The Bertz CT molecular complexity index is 3810. The lowest BCUT2D eigenvalue weighted by molar-refractivity contribution is 0.563. The third-order valence-corrected chi connectivity index (χ3v) is 16.6. The molecule has 4 aliphatic carbocycles. The van der Waals surface area contributed by atoms with Gasteiger partial charge in [0, 0.05) is 39.0 Å². The molecule has 2 heteroatoms. The Balaban J connectivity index is 0.938. The fourth-order valence-corrected chi connectivity index (χ4v) is 13.3. The molecule has 0 radical (unpaired) electrons. The van der Waals surface area contributed by atoms with Gasteiger partial charge in [-0.2, -0.15) is 0 Å². The lowest BCUT2D eigenvalue weighted by Crippen LogP contribution is -2.40. The van der Waals surface area contributed by atoms with Gasteiger partial charge in [0.15, 0.2) is 0 Å². The quantitative estimate of drug-likeness (QED) is 0.167. The van der Waals surface area contributed by atoms with E-state index in [1.807, 2.05) is 0 Å². The topological polar surface area (TPSA) is 8.17 Å². The molecule has 0 fully saturated rings. The fourth-order valence-electron chi connectivity index (χ4n) is 13.3. The van der Waals surface area contributed by atoms with Crippen molar-refractivity contribution in [2.75, 3.05) is 4.90 Å². The van der Waals surface area contributed by atoms with E-state index in [0.717, 1.165) is 23.5 Å². The minimum atomic E-state index is -0.495. The van der Waals surface area contributed by atoms with Gasteiger partial charge in [-0.1, -0.05) is 198 Å². The number of hydrogen-bond acceptors (Lipinski definition) is 1. The molecule has 0 atom stereocenters. The van der Waals surface area contributed by atoms with E-state index in [2.05, 4.69) is 268 Å². The maximum atomic E-state index is 2.53. The van der Waals surface area contributed by atoms with Crippen molar-refractivity contribution < 1.29 is 0 Å². The molecule has 2 nitrogen and oxygen atoms in total. The van der Waals surface area contributed by atoms with Crippen molar-refractivity contribution in [3.63, 3.8) is 0 Å². The second kappa shape index (κ2) is 14.9. The van der Waals surface area contributed by atoms with Crippen molar-refractivity contribution in [2.24, 2.45) is 0 Å². The van der Waals surface area contributed by atoms with E-state index in [-0.39, 0.29) is 10.8 Å². The Hall–Kier alpha value is -8.20. The summed E-state index contributed by atoms with van der Waals surface area (Å²) in [6.45, 7) is 9.56. The van der Waals surface area contributed by atoms with Crippen molar-refractivity contribution in [3.8, 4) is 27.9 Å². The highest BCUT2D eigenvalue weighted by Gasteiger charge is 2.53. The number of anilines is 3. The zero-order chi connectivity index (χ0) is 46.9. The molecular weight excluding hydrogens is 845 g/mol. The van der Waals surface area contributed by atoms with Crippen molar-refractivity contribution in [3.05, 3.63) is 286 Å². The molecule has 334 valence electrons. The number of benzene rings is 9. The molecule has 70 heavy (non-hydrogen) atoms. The first-order valence-corrected chi connectivity index (χ1v) is 24.9. The van der Waals surface area contributed by atoms with Gasteiger partial charge >= 0.3 is 0 Å². The maximum absolute atomic E-state index is 2.53. The van der Waals surface area contributed by atoms with Gasteiger partial charge < -0.3 is 9.47 Å². The molecule has 10 aromatic rings.